The maximum Gasteiger partial charge on any atom is 0.319 e. The maximum atomic E-state index is 12.6. The van der Waals surface area contributed by atoms with E-state index in [9.17, 15) is 17.6 Å². The minimum atomic E-state index is -4.07. The van der Waals surface area contributed by atoms with Crippen molar-refractivity contribution in [3.8, 4) is 0 Å². The molecule has 1 aromatic rings. The van der Waals surface area contributed by atoms with Crippen LogP contribution in [-0.4, -0.2) is 29.9 Å². The summed E-state index contributed by atoms with van der Waals surface area (Å²) in [5.41, 5.74) is 6.32. The summed E-state index contributed by atoms with van der Waals surface area (Å²) in [6.45, 7) is -1.16. The number of rotatable bonds is 6. The van der Waals surface area contributed by atoms with Gasteiger partial charge in [-0.15, -0.1) is 0 Å². The van der Waals surface area contributed by atoms with Crippen LogP contribution in [0.15, 0.2) is 29.4 Å². The van der Waals surface area contributed by atoms with E-state index in [2.05, 4.69) is 10.5 Å². The van der Waals surface area contributed by atoms with Crippen molar-refractivity contribution in [3.05, 3.63) is 35.4 Å². The predicted molar refractivity (Wildman–Crippen MR) is 61.6 cm³/mol. The Balaban J connectivity index is 2.60. The van der Waals surface area contributed by atoms with Crippen LogP contribution in [0.4, 0.5) is 17.6 Å². The molecule has 1 aromatic carbocycles. The van der Waals surface area contributed by atoms with Crippen LogP contribution in [0.1, 0.15) is 11.1 Å². The smallest absolute Gasteiger partial charge is 0.319 e. The normalized spacial score (nSPS) is 13.0. The average Bonchev–Trinajstić information content (AvgIpc) is 2.37. The van der Waals surface area contributed by atoms with Gasteiger partial charge in [0.1, 0.15) is 0 Å². The highest BCUT2D eigenvalue weighted by molar-refractivity contribution is 5.97. The van der Waals surface area contributed by atoms with Crippen LogP contribution in [0.2, 0.25) is 0 Å². The maximum absolute atomic E-state index is 12.6. The molecule has 0 heterocycles. The third-order valence-electron chi connectivity index (χ3n) is 2.34. The van der Waals surface area contributed by atoms with Crippen LogP contribution in [0.25, 0.3) is 0 Å². The number of nitrogens with one attached hydrogen (secondary N) is 1. The molecule has 0 saturated heterocycles. The van der Waals surface area contributed by atoms with Gasteiger partial charge in [0.2, 0.25) is 0 Å². The first-order chi connectivity index (χ1) is 8.86. The second-order valence-corrected chi connectivity index (χ2v) is 3.85. The number of hydrogen-bond donors (Lipinski definition) is 3. The number of benzene rings is 1. The fraction of sp³-hybridized carbons (Fsp3) is 0.364. The van der Waals surface area contributed by atoms with E-state index in [0.29, 0.717) is 11.1 Å². The van der Waals surface area contributed by atoms with Crippen molar-refractivity contribution in [2.24, 2.45) is 10.9 Å². The quantitative estimate of drug-likeness (QED) is 0.244. The summed E-state index contributed by atoms with van der Waals surface area (Å²) in [7, 11) is 0. The van der Waals surface area contributed by atoms with Gasteiger partial charge >= 0.3 is 12.3 Å². The molecule has 0 spiro atoms. The van der Waals surface area contributed by atoms with E-state index < -0.39 is 18.9 Å². The molecule has 0 amide bonds. The van der Waals surface area contributed by atoms with Gasteiger partial charge < -0.3 is 16.3 Å². The molecule has 1 rings (SSSR count). The molecule has 4 nitrogen and oxygen atoms in total. The minimum absolute atomic E-state index is 0.0329. The molecule has 0 aliphatic carbocycles. The predicted octanol–water partition coefficient (Wildman–Crippen LogP) is 1.77. The molecule has 0 aromatic heterocycles. The summed E-state index contributed by atoms with van der Waals surface area (Å²) in [6.07, 6.45) is -3.71. The Morgan fingerprint density at radius 1 is 1.42 bits per heavy atom. The second-order valence-electron chi connectivity index (χ2n) is 3.85. The number of alkyl halides is 4. The molecule has 0 bridgehead atoms. The lowest BCUT2D eigenvalue weighted by molar-refractivity contribution is -0.125. The van der Waals surface area contributed by atoms with Gasteiger partial charge in [0.05, 0.1) is 6.54 Å². The zero-order valence-electron chi connectivity index (χ0n) is 9.78. The molecule has 0 fully saturated rings. The zero-order chi connectivity index (χ0) is 14.5. The van der Waals surface area contributed by atoms with Gasteiger partial charge in [0.15, 0.2) is 5.84 Å². The summed E-state index contributed by atoms with van der Waals surface area (Å²) in [4.78, 5) is 0. The third kappa shape index (κ3) is 4.40. The van der Waals surface area contributed by atoms with E-state index in [4.69, 9.17) is 10.9 Å². The Labute approximate surface area is 106 Å². The Morgan fingerprint density at radius 2 is 2.11 bits per heavy atom. The van der Waals surface area contributed by atoms with E-state index in [1.807, 2.05) is 0 Å². The van der Waals surface area contributed by atoms with Gasteiger partial charge in [0, 0.05) is 12.1 Å². The van der Waals surface area contributed by atoms with Gasteiger partial charge in [-0.05, 0) is 11.6 Å². The van der Waals surface area contributed by atoms with Crippen molar-refractivity contribution in [1.29, 1.82) is 0 Å². The highest BCUT2D eigenvalue weighted by Crippen LogP contribution is 2.21. The second kappa shape index (κ2) is 6.37. The van der Waals surface area contributed by atoms with E-state index in [1.54, 1.807) is 18.2 Å². The Morgan fingerprint density at radius 3 is 2.68 bits per heavy atom. The van der Waals surface area contributed by atoms with Crippen molar-refractivity contribution >= 4 is 5.84 Å². The summed E-state index contributed by atoms with van der Waals surface area (Å²) < 4.78 is 49.1. The van der Waals surface area contributed by atoms with Gasteiger partial charge in [-0.25, -0.2) is 8.78 Å². The van der Waals surface area contributed by atoms with Gasteiger partial charge in [0.25, 0.3) is 0 Å². The third-order valence-corrected chi connectivity index (χ3v) is 2.34. The lowest BCUT2D eigenvalue weighted by Crippen LogP contribution is -2.38. The summed E-state index contributed by atoms with van der Waals surface area (Å²) in [5.74, 6) is -4.19. The Bertz CT molecular complexity index is 451. The van der Waals surface area contributed by atoms with E-state index in [0.717, 1.165) is 0 Å². The molecule has 0 aliphatic heterocycles. The largest absolute Gasteiger partial charge is 0.409 e. The number of amidine groups is 1. The Hall–Kier alpha value is -1.83. The van der Waals surface area contributed by atoms with E-state index in [-0.39, 0.29) is 12.4 Å². The molecule has 106 valence electrons. The molecule has 0 aliphatic rings. The lowest BCUT2D eigenvalue weighted by atomic mass is 10.1. The monoisotopic (exact) mass is 279 g/mol. The zero-order valence-corrected chi connectivity index (χ0v) is 9.78. The van der Waals surface area contributed by atoms with Gasteiger partial charge in [-0.3, -0.25) is 0 Å². The van der Waals surface area contributed by atoms with Crippen LogP contribution >= 0.6 is 0 Å². The average molecular weight is 279 g/mol. The summed E-state index contributed by atoms with van der Waals surface area (Å²) in [5, 5.41) is 13.5. The topological polar surface area (TPSA) is 70.6 Å². The minimum Gasteiger partial charge on any atom is -0.409 e. The first-order valence-electron chi connectivity index (χ1n) is 5.30. The number of halogens is 4. The standard InChI is InChI=1S/C11H13F4N3O/c12-10(13)11(14,15)6-17-5-7-2-1-3-8(4-7)9(16)18-19/h1-4,10,17,19H,5-6H2,(H2,16,18). The molecular weight excluding hydrogens is 266 g/mol. The highest BCUT2D eigenvalue weighted by atomic mass is 19.3. The molecule has 0 saturated carbocycles. The van der Waals surface area contributed by atoms with Crippen molar-refractivity contribution in [1.82, 2.24) is 5.32 Å². The first-order valence-corrected chi connectivity index (χ1v) is 5.30. The molecular formula is C11H13F4N3O. The molecule has 0 radical (unpaired) electrons. The van der Waals surface area contributed by atoms with Gasteiger partial charge in [-0.2, -0.15) is 8.78 Å². The Kier molecular flexibility index (Phi) is 5.11. The van der Waals surface area contributed by atoms with Crippen LogP contribution in [0.5, 0.6) is 0 Å². The van der Waals surface area contributed by atoms with Crippen molar-refractivity contribution in [2.75, 3.05) is 6.54 Å². The molecule has 19 heavy (non-hydrogen) atoms. The first kappa shape index (κ1) is 15.2. The molecule has 8 heteroatoms. The molecule has 0 atom stereocenters. The van der Waals surface area contributed by atoms with Crippen molar-refractivity contribution < 1.29 is 22.8 Å². The van der Waals surface area contributed by atoms with Gasteiger partial charge in [-0.1, -0.05) is 23.4 Å². The van der Waals surface area contributed by atoms with Crippen LogP contribution in [0, 0.1) is 0 Å². The van der Waals surface area contributed by atoms with Crippen LogP contribution < -0.4 is 11.1 Å². The van der Waals surface area contributed by atoms with Crippen LogP contribution in [-0.2, 0) is 6.54 Å². The molecule has 0 unspecified atom stereocenters. The van der Waals surface area contributed by atoms with Crippen molar-refractivity contribution in [3.63, 3.8) is 0 Å². The SMILES string of the molecule is N/C(=N/O)c1cccc(CNCC(F)(F)C(F)F)c1. The number of nitrogens with two attached hydrogens (primary N) is 1. The fourth-order valence-corrected chi connectivity index (χ4v) is 1.35. The number of oxime groups is 1. The van der Waals surface area contributed by atoms with Crippen LogP contribution in [0.3, 0.4) is 0 Å². The number of hydrogen-bond acceptors (Lipinski definition) is 3. The highest BCUT2D eigenvalue weighted by Gasteiger charge is 2.39. The fourth-order valence-electron chi connectivity index (χ4n) is 1.35. The summed E-state index contributed by atoms with van der Waals surface area (Å²) >= 11 is 0. The number of nitrogens with zero attached hydrogens (tertiary/aromatic N) is 1. The lowest BCUT2D eigenvalue weighted by Gasteiger charge is -2.15. The van der Waals surface area contributed by atoms with E-state index >= 15 is 0 Å². The molecule has 4 N–H and O–H groups in total. The van der Waals surface area contributed by atoms with E-state index in [1.165, 1.54) is 6.07 Å². The van der Waals surface area contributed by atoms with Crippen molar-refractivity contribution in [2.45, 2.75) is 18.9 Å². The summed E-state index contributed by atoms with van der Waals surface area (Å²) in [6, 6.07) is 6.24.